The second kappa shape index (κ2) is 6.88. The summed E-state index contributed by atoms with van der Waals surface area (Å²) in [7, 11) is 3.41. The van der Waals surface area contributed by atoms with Gasteiger partial charge in [0.1, 0.15) is 11.5 Å². The molecular formula is C18H29NO3. The Hall–Kier alpha value is -1.26. The van der Waals surface area contributed by atoms with E-state index in [1.807, 2.05) is 0 Å². The third kappa shape index (κ3) is 3.55. The topological polar surface area (TPSA) is 41.9 Å². The van der Waals surface area contributed by atoms with Crippen LogP contribution in [0.2, 0.25) is 0 Å². The molecule has 2 rings (SSSR count). The second-order valence-corrected chi connectivity index (χ2v) is 7.06. The lowest BCUT2D eigenvalue weighted by atomic mass is 9.86. The molecule has 1 fully saturated rings. The number of likely N-dealkylation sites (tertiary alicyclic amines) is 1. The van der Waals surface area contributed by atoms with Crippen molar-refractivity contribution in [2.45, 2.75) is 51.6 Å². The quantitative estimate of drug-likeness (QED) is 0.908. The number of nitrogens with zero attached hydrogens (tertiary/aromatic N) is 1. The van der Waals surface area contributed by atoms with Crippen LogP contribution in [0.1, 0.15) is 44.7 Å². The zero-order chi connectivity index (χ0) is 16.3. The van der Waals surface area contributed by atoms with Gasteiger partial charge in [0.2, 0.25) is 0 Å². The van der Waals surface area contributed by atoms with E-state index in [-0.39, 0.29) is 18.1 Å². The first-order chi connectivity index (χ1) is 10.4. The number of rotatable bonds is 5. The third-order valence-electron chi connectivity index (χ3n) is 4.54. The number of hydrogen-bond donors (Lipinski definition) is 1. The molecule has 0 aliphatic carbocycles. The van der Waals surface area contributed by atoms with Crippen molar-refractivity contribution >= 4 is 0 Å². The van der Waals surface area contributed by atoms with Crippen LogP contribution in [0, 0.1) is 0 Å². The zero-order valence-electron chi connectivity index (χ0n) is 14.5. The van der Waals surface area contributed by atoms with Crippen molar-refractivity contribution in [3.63, 3.8) is 0 Å². The Balaban J connectivity index is 2.37. The van der Waals surface area contributed by atoms with Crippen LogP contribution < -0.4 is 9.47 Å². The molecule has 0 radical (unpaired) electrons. The molecule has 0 spiro atoms. The summed E-state index contributed by atoms with van der Waals surface area (Å²) in [4.78, 5) is 2.32. The average molecular weight is 307 g/mol. The molecule has 124 valence electrons. The molecular weight excluding hydrogens is 278 g/mol. The molecule has 4 heteroatoms. The van der Waals surface area contributed by atoms with Gasteiger partial charge in [-0.1, -0.05) is 20.8 Å². The summed E-state index contributed by atoms with van der Waals surface area (Å²) in [5, 5.41) is 9.51. The fourth-order valence-electron chi connectivity index (χ4n) is 3.09. The smallest absolute Gasteiger partial charge is 0.127 e. The molecule has 1 aromatic carbocycles. The molecule has 1 saturated heterocycles. The highest BCUT2D eigenvalue weighted by Crippen LogP contribution is 2.37. The van der Waals surface area contributed by atoms with Crippen molar-refractivity contribution in [1.29, 1.82) is 0 Å². The van der Waals surface area contributed by atoms with E-state index < -0.39 is 0 Å². The minimum atomic E-state index is 0.0420. The van der Waals surface area contributed by atoms with E-state index in [1.165, 1.54) is 5.56 Å². The summed E-state index contributed by atoms with van der Waals surface area (Å²) in [5.74, 6) is 1.74. The molecule has 1 N–H and O–H groups in total. The van der Waals surface area contributed by atoms with Crippen LogP contribution in [0.3, 0.4) is 0 Å². The van der Waals surface area contributed by atoms with E-state index in [0.29, 0.717) is 0 Å². The molecule has 1 atom stereocenters. The molecule has 0 saturated carbocycles. The first-order valence-corrected chi connectivity index (χ1v) is 8.01. The van der Waals surface area contributed by atoms with Crippen molar-refractivity contribution in [3.8, 4) is 11.5 Å². The number of aliphatic hydroxyl groups is 1. The second-order valence-electron chi connectivity index (χ2n) is 7.06. The molecule has 1 aliphatic rings. The van der Waals surface area contributed by atoms with E-state index in [9.17, 15) is 5.11 Å². The largest absolute Gasteiger partial charge is 0.496 e. The van der Waals surface area contributed by atoms with Gasteiger partial charge in [-0.05, 0) is 42.5 Å². The monoisotopic (exact) mass is 307 g/mol. The van der Waals surface area contributed by atoms with Gasteiger partial charge < -0.3 is 14.6 Å². The molecule has 22 heavy (non-hydrogen) atoms. The van der Waals surface area contributed by atoms with Crippen LogP contribution in [0.4, 0.5) is 0 Å². The van der Waals surface area contributed by atoms with E-state index in [0.717, 1.165) is 43.0 Å². The van der Waals surface area contributed by atoms with E-state index >= 15 is 0 Å². The van der Waals surface area contributed by atoms with Gasteiger partial charge in [0.05, 0.1) is 26.4 Å². The summed E-state index contributed by atoms with van der Waals surface area (Å²) in [5.41, 5.74) is 2.31. The number of aliphatic hydroxyl groups excluding tert-OH is 1. The standard InChI is InChI=1S/C18H29NO3/c1-18(2,3)13-9-16(21-4)15(17(10-13)22-5)11-19-8-6-7-14(19)12-20/h9-10,14,20H,6-8,11-12H2,1-5H3/t14-/m0/s1. The predicted octanol–water partition coefficient (Wildman–Crippen LogP) is 2.96. The van der Waals surface area contributed by atoms with Crippen LogP contribution in [-0.4, -0.2) is 43.4 Å². The van der Waals surface area contributed by atoms with Gasteiger partial charge in [0.25, 0.3) is 0 Å². The summed E-state index contributed by atoms with van der Waals surface area (Å²) >= 11 is 0. The Morgan fingerprint density at radius 3 is 2.23 bits per heavy atom. The van der Waals surface area contributed by atoms with Crippen LogP contribution in [0.5, 0.6) is 11.5 Å². The Labute approximate surface area is 134 Å². The van der Waals surface area contributed by atoms with Gasteiger partial charge in [0, 0.05) is 12.6 Å². The van der Waals surface area contributed by atoms with Gasteiger partial charge >= 0.3 is 0 Å². The Morgan fingerprint density at radius 2 is 1.77 bits per heavy atom. The van der Waals surface area contributed by atoms with Gasteiger partial charge in [-0.2, -0.15) is 0 Å². The molecule has 0 bridgehead atoms. The fraction of sp³-hybridized carbons (Fsp3) is 0.667. The normalized spacial score (nSPS) is 19.5. The van der Waals surface area contributed by atoms with Crippen molar-refractivity contribution in [2.75, 3.05) is 27.4 Å². The van der Waals surface area contributed by atoms with Crippen molar-refractivity contribution in [1.82, 2.24) is 4.90 Å². The van der Waals surface area contributed by atoms with Gasteiger partial charge in [0.15, 0.2) is 0 Å². The minimum Gasteiger partial charge on any atom is -0.496 e. The van der Waals surface area contributed by atoms with Gasteiger partial charge in [-0.15, -0.1) is 0 Å². The number of ether oxygens (including phenoxy) is 2. The van der Waals surface area contributed by atoms with E-state index in [4.69, 9.17) is 9.47 Å². The zero-order valence-corrected chi connectivity index (χ0v) is 14.5. The highest BCUT2D eigenvalue weighted by Gasteiger charge is 2.27. The van der Waals surface area contributed by atoms with Gasteiger partial charge in [-0.3, -0.25) is 4.90 Å². The van der Waals surface area contributed by atoms with E-state index in [1.54, 1.807) is 14.2 Å². The summed E-state index contributed by atoms with van der Waals surface area (Å²) in [6, 6.07) is 4.47. The maximum atomic E-state index is 9.51. The Bertz CT molecular complexity index is 483. The molecule has 1 heterocycles. The van der Waals surface area contributed by atoms with Crippen LogP contribution in [-0.2, 0) is 12.0 Å². The maximum absolute atomic E-state index is 9.51. The Kier molecular flexibility index (Phi) is 5.35. The SMILES string of the molecule is COc1cc(C(C)(C)C)cc(OC)c1CN1CCC[C@H]1CO. The number of benzene rings is 1. The lowest BCUT2D eigenvalue weighted by molar-refractivity contribution is 0.151. The third-order valence-corrected chi connectivity index (χ3v) is 4.54. The first-order valence-electron chi connectivity index (χ1n) is 8.01. The first kappa shape index (κ1) is 17.1. The fourth-order valence-corrected chi connectivity index (χ4v) is 3.09. The van der Waals surface area contributed by atoms with Crippen LogP contribution in [0.15, 0.2) is 12.1 Å². The van der Waals surface area contributed by atoms with Crippen LogP contribution >= 0.6 is 0 Å². The average Bonchev–Trinajstić information content (AvgIpc) is 2.93. The summed E-state index contributed by atoms with van der Waals surface area (Å²) in [6.07, 6.45) is 2.19. The highest BCUT2D eigenvalue weighted by molar-refractivity contribution is 5.50. The van der Waals surface area contributed by atoms with Crippen molar-refractivity contribution < 1.29 is 14.6 Å². The predicted molar refractivity (Wildman–Crippen MR) is 88.8 cm³/mol. The molecule has 0 amide bonds. The van der Waals surface area contributed by atoms with Gasteiger partial charge in [-0.25, -0.2) is 0 Å². The molecule has 4 nitrogen and oxygen atoms in total. The Morgan fingerprint density at radius 1 is 1.18 bits per heavy atom. The summed E-state index contributed by atoms with van der Waals surface area (Å²) < 4.78 is 11.3. The number of hydrogen-bond acceptors (Lipinski definition) is 4. The van der Waals surface area contributed by atoms with Crippen molar-refractivity contribution in [2.24, 2.45) is 0 Å². The lowest BCUT2D eigenvalue weighted by Crippen LogP contribution is -2.32. The number of methoxy groups -OCH3 is 2. The molecule has 1 aliphatic heterocycles. The highest BCUT2D eigenvalue weighted by atomic mass is 16.5. The lowest BCUT2D eigenvalue weighted by Gasteiger charge is -2.27. The minimum absolute atomic E-state index is 0.0420. The summed E-state index contributed by atoms with van der Waals surface area (Å²) in [6.45, 7) is 8.53. The van der Waals surface area contributed by atoms with Crippen molar-refractivity contribution in [3.05, 3.63) is 23.3 Å². The maximum Gasteiger partial charge on any atom is 0.127 e. The molecule has 1 aromatic rings. The molecule has 0 unspecified atom stereocenters. The molecule has 0 aromatic heterocycles. The van der Waals surface area contributed by atoms with E-state index in [2.05, 4.69) is 37.8 Å². The van der Waals surface area contributed by atoms with Crippen LogP contribution in [0.25, 0.3) is 0 Å².